The van der Waals surface area contributed by atoms with Crippen LogP contribution in [0.3, 0.4) is 0 Å². The molecule has 0 saturated heterocycles. The minimum Gasteiger partial charge on any atom is -0.478 e. The molecule has 0 aliphatic carbocycles. The van der Waals surface area contributed by atoms with E-state index in [2.05, 4.69) is 0 Å². The highest BCUT2D eigenvalue weighted by atomic mass is 16.4. The largest absolute Gasteiger partial charge is 0.478 e. The summed E-state index contributed by atoms with van der Waals surface area (Å²) in [7, 11) is 0. The van der Waals surface area contributed by atoms with Gasteiger partial charge in [0.05, 0.1) is 5.56 Å². The quantitative estimate of drug-likeness (QED) is 0.879. The van der Waals surface area contributed by atoms with E-state index in [1.165, 1.54) is 0 Å². The van der Waals surface area contributed by atoms with Crippen molar-refractivity contribution in [1.29, 1.82) is 0 Å². The maximum atomic E-state index is 12.8. The highest BCUT2D eigenvalue weighted by Gasteiger charge is 2.20. The lowest BCUT2D eigenvalue weighted by molar-refractivity contribution is 0.0696. The van der Waals surface area contributed by atoms with E-state index in [4.69, 9.17) is 0 Å². The molecule has 0 aromatic heterocycles. The van der Waals surface area contributed by atoms with Crippen LogP contribution in [0, 0.1) is 0 Å². The van der Waals surface area contributed by atoms with E-state index in [-0.39, 0.29) is 11.5 Å². The molecule has 2 aromatic rings. The van der Waals surface area contributed by atoms with Crippen LogP contribution in [0.2, 0.25) is 0 Å². The van der Waals surface area contributed by atoms with Crippen molar-refractivity contribution in [3.05, 3.63) is 59.7 Å². The summed E-state index contributed by atoms with van der Waals surface area (Å²) >= 11 is 0. The zero-order chi connectivity index (χ0) is 16.8. The maximum Gasteiger partial charge on any atom is 0.336 e. The second-order valence-corrected chi connectivity index (χ2v) is 5.28. The van der Waals surface area contributed by atoms with E-state index in [0.717, 1.165) is 6.42 Å². The standard InChI is InChI=1S/C19H21NO3/c1-3-13-20(4-2)18(21)16-11-7-5-9-14(16)15-10-6-8-12-17(15)19(22)23/h5-12H,3-4,13H2,1-2H3,(H,22,23). The number of carbonyl (C=O) groups excluding carboxylic acids is 1. The Morgan fingerprint density at radius 2 is 1.43 bits per heavy atom. The fraction of sp³-hybridized carbons (Fsp3) is 0.263. The number of amides is 1. The zero-order valence-corrected chi connectivity index (χ0v) is 13.5. The Hall–Kier alpha value is -2.62. The summed E-state index contributed by atoms with van der Waals surface area (Å²) in [5, 5.41) is 9.40. The molecule has 4 nitrogen and oxygen atoms in total. The summed E-state index contributed by atoms with van der Waals surface area (Å²) in [4.78, 5) is 26.1. The minimum absolute atomic E-state index is 0.0647. The number of carbonyl (C=O) groups is 2. The zero-order valence-electron chi connectivity index (χ0n) is 13.5. The Morgan fingerprint density at radius 3 is 1.96 bits per heavy atom. The van der Waals surface area contributed by atoms with E-state index in [1.807, 2.05) is 19.9 Å². The van der Waals surface area contributed by atoms with Gasteiger partial charge in [0.1, 0.15) is 0 Å². The molecule has 0 aliphatic rings. The number of aromatic carboxylic acids is 1. The summed E-state index contributed by atoms with van der Waals surface area (Å²) in [6.45, 7) is 5.29. The number of carboxylic acids is 1. The summed E-state index contributed by atoms with van der Waals surface area (Å²) in [6, 6.07) is 14.0. The molecule has 0 saturated carbocycles. The monoisotopic (exact) mass is 311 g/mol. The SMILES string of the molecule is CCCN(CC)C(=O)c1ccccc1-c1ccccc1C(=O)O. The maximum absolute atomic E-state index is 12.8. The molecule has 2 rings (SSSR count). The van der Waals surface area contributed by atoms with Crippen molar-refractivity contribution in [3.8, 4) is 11.1 Å². The van der Waals surface area contributed by atoms with Crippen LogP contribution in [-0.4, -0.2) is 35.0 Å². The van der Waals surface area contributed by atoms with E-state index >= 15 is 0 Å². The predicted octanol–water partition coefficient (Wildman–Crippen LogP) is 3.92. The molecule has 4 heteroatoms. The Balaban J connectivity index is 2.55. The molecule has 0 atom stereocenters. The third kappa shape index (κ3) is 3.59. The fourth-order valence-electron chi connectivity index (χ4n) is 2.65. The van der Waals surface area contributed by atoms with Crippen molar-refractivity contribution in [2.45, 2.75) is 20.3 Å². The molecule has 1 N–H and O–H groups in total. The number of benzene rings is 2. The lowest BCUT2D eigenvalue weighted by Gasteiger charge is -2.22. The smallest absolute Gasteiger partial charge is 0.336 e. The molecule has 0 bridgehead atoms. The van der Waals surface area contributed by atoms with Gasteiger partial charge in [0, 0.05) is 18.7 Å². The van der Waals surface area contributed by atoms with Crippen molar-refractivity contribution in [1.82, 2.24) is 4.90 Å². The molecule has 0 fully saturated rings. The lowest BCUT2D eigenvalue weighted by atomic mass is 9.94. The van der Waals surface area contributed by atoms with Gasteiger partial charge in [-0.3, -0.25) is 4.79 Å². The number of carboxylic acid groups (broad SMARTS) is 1. The van der Waals surface area contributed by atoms with Gasteiger partial charge in [-0.2, -0.15) is 0 Å². The summed E-state index contributed by atoms with van der Waals surface area (Å²) in [5.41, 5.74) is 1.96. The topological polar surface area (TPSA) is 57.6 Å². The van der Waals surface area contributed by atoms with Gasteiger partial charge in [-0.15, -0.1) is 0 Å². The fourth-order valence-corrected chi connectivity index (χ4v) is 2.65. The molecule has 0 unspecified atom stereocenters. The number of hydrogen-bond donors (Lipinski definition) is 1. The summed E-state index contributed by atoms with van der Waals surface area (Å²) < 4.78 is 0. The van der Waals surface area contributed by atoms with Crippen molar-refractivity contribution in [2.24, 2.45) is 0 Å². The molecule has 0 aliphatic heterocycles. The molecular weight excluding hydrogens is 290 g/mol. The average molecular weight is 311 g/mol. The van der Waals surface area contributed by atoms with Crippen LogP contribution in [0.4, 0.5) is 0 Å². The lowest BCUT2D eigenvalue weighted by Crippen LogP contribution is -2.31. The Labute approximate surface area is 136 Å². The van der Waals surface area contributed by atoms with Gasteiger partial charge in [0.25, 0.3) is 5.91 Å². The Kier molecular flexibility index (Phi) is 5.52. The Morgan fingerprint density at radius 1 is 0.913 bits per heavy atom. The first kappa shape index (κ1) is 16.7. The summed E-state index contributed by atoms with van der Waals surface area (Å²) in [6.07, 6.45) is 0.882. The normalized spacial score (nSPS) is 10.3. The highest BCUT2D eigenvalue weighted by Crippen LogP contribution is 2.28. The van der Waals surface area contributed by atoms with Gasteiger partial charge in [-0.05, 0) is 36.6 Å². The van der Waals surface area contributed by atoms with Crippen molar-refractivity contribution in [3.63, 3.8) is 0 Å². The van der Waals surface area contributed by atoms with Crippen LogP contribution < -0.4 is 0 Å². The third-order valence-electron chi connectivity index (χ3n) is 3.77. The molecule has 0 heterocycles. The van der Waals surface area contributed by atoms with Crippen LogP contribution in [0.15, 0.2) is 48.5 Å². The first-order valence-corrected chi connectivity index (χ1v) is 7.81. The number of nitrogens with zero attached hydrogens (tertiary/aromatic N) is 1. The van der Waals surface area contributed by atoms with Gasteiger partial charge >= 0.3 is 5.97 Å². The van der Waals surface area contributed by atoms with Crippen molar-refractivity contribution >= 4 is 11.9 Å². The first-order valence-electron chi connectivity index (χ1n) is 7.81. The molecule has 0 radical (unpaired) electrons. The van der Waals surface area contributed by atoms with E-state index in [0.29, 0.717) is 29.8 Å². The predicted molar refractivity (Wildman–Crippen MR) is 90.7 cm³/mol. The molecule has 1 amide bonds. The van der Waals surface area contributed by atoms with E-state index in [1.54, 1.807) is 47.4 Å². The summed E-state index contributed by atoms with van der Waals surface area (Å²) in [5.74, 6) is -1.06. The van der Waals surface area contributed by atoms with Gasteiger partial charge in [-0.1, -0.05) is 43.3 Å². The minimum atomic E-state index is -0.997. The molecule has 120 valence electrons. The van der Waals surface area contributed by atoms with Crippen LogP contribution >= 0.6 is 0 Å². The second kappa shape index (κ2) is 7.58. The number of rotatable bonds is 6. The van der Waals surface area contributed by atoms with Gasteiger partial charge in [0.15, 0.2) is 0 Å². The Bertz CT molecular complexity index is 709. The highest BCUT2D eigenvalue weighted by molar-refractivity contribution is 6.04. The first-order chi connectivity index (χ1) is 11.1. The molecular formula is C19H21NO3. The van der Waals surface area contributed by atoms with E-state index in [9.17, 15) is 14.7 Å². The van der Waals surface area contributed by atoms with Crippen molar-refractivity contribution < 1.29 is 14.7 Å². The van der Waals surface area contributed by atoms with Gasteiger partial charge < -0.3 is 10.0 Å². The third-order valence-corrected chi connectivity index (χ3v) is 3.77. The van der Waals surface area contributed by atoms with Crippen molar-refractivity contribution in [2.75, 3.05) is 13.1 Å². The van der Waals surface area contributed by atoms with E-state index < -0.39 is 5.97 Å². The molecule has 2 aromatic carbocycles. The van der Waals surface area contributed by atoms with Crippen LogP contribution in [-0.2, 0) is 0 Å². The van der Waals surface area contributed by atoms with Gasteiger partial charge in [0.2, 0.25) is 0 Å². The second-order valence-electron chi connectivity index (χ2n) is 5.28. The average Bonchev–Trinajstić information content (AvgIpc) is 2.59. The number of hydrogen-bond acceptors (Lipinski definition) is 2. The molecule has 23 heavy (non-hydrogen) atoms. The van der Waals surface area contributed by atoms with Crippen LogP contribution in [0.5, 0.6) is 0 Å². The van der Waals surface area contributed by atoms with Gasteiger partial charge in [-0.25, -0.2) is 4.79 Å². The van der Waals surface area contributed by atoms with Crippen LogP contribution in [0.25, 0.3) is 11.1 Å². The van der Waals surface area contributed by atoms with Crippen LogP contribution in [0.1, 0.15) is 41.0 Å². The molecule has 0 spiro atoms.